The number of β-amino-alcohol motifs (C(OH)–C–C–N with tert-alkyl or cyclic N) is 1. The molecule has 1 saturated heterocycles. The van der Waals surface area contributed by atoms with Gasteiger partial charge < -0.3 is 10.0 Å². The minimum absolute atomic E-state index is 0.136. The third-order valence-corrected chi connectivity index (χ3v) is 5.16. The first-order chi connectivity index (χ1) is 11.9. The van der Waals surface area contributed by atoms with E-state index in [9.17, 15) is 9.59 Å². The van der Waals surface area contributed by atoms with Gasteiger partial charge in [0, 0.05) is 39.8 Å². The van der Waals surface area contributed by atoms with E-state index >= 15 is 0 Å². The van der Waals surface area contributed by atoms with Crippen LogP contribution in [-0.2, 0) is 9.59 Å². The van der Waals surface area contributed by atoms with Gasteiger partial charge in [0.05, 0.1) is 12.2 Å². The molecule has 0 radical (unpaired) electrons. The molecule has 0 aromatic heterocycles. The maximum absolute atomic E-state index is 12.7. The molecule has 1 fully saturated rings. The smallest absolute Gasteiger partial charge is 0.277 e. The van der Waals surface area contributed by atoms with Gasteiger partial charge in [0.15, 0.2) is 0 Å². The number of amides is 2. The number of benzene rings is 1. The van der Waals surface area contributed by atoms with Crippen molar-refractivity contribution in [3.8, 4) is 0 Å². The van der Waals surface area contributed by atoms with E-state index in [0.29, 0.717) is 30.9 Å². The quantitative estimate of drug-likeness (QED) is 0.812. The van der Waals surface area contributed by atoms with E-state index in [0.717, 1.165) is 29.8 Å². The second-order valence-electron chi connectivity index (χ2n) is 6.74. The van der Waals surface area contributed by atoms with Gasteiger partial charge in [0.1, 0.15) is 5.70 Å². The van der Waals surface area contributed by atoms with E-state index in [2.05, 4.69) is 4.90 Å². The van der Waals surface area contributed by atoms with Gasteiger partial charge in [0.2, 0.25) is 0 Å². The van der Waals surface area contributed by atoms with Gasteiger partial charge in [-0.25, -0.2) is 0 Å². The van der Waals surface area contributed by atoms with Crippen LogP contribution in [0, 0.1) is 13.8 Å². The highest BCUT2D eigenvalue weighted by Crippen LogP contribution is 2.32. The summed E-state index contributed by atoms with van der Waals surface area (Å²) < 4.78 is 0. The molecule has 0 aliphatic carbocycles. The van der Waals surface area contributed by atoms with Gasteiger partial charge in [-0.3, -0.25) is 19.4 Å². The van der Waals surface area contributed by atoms with Crippen molar-refractivity contribution in [2.24, 2.45) is 0 Å². The van der Waals surface area contributed by atoms with E-state index in [4.69, 9.17) is 5.11 Å². The van der Waals surface area contributed by atoms with Crippen LogP contribution in [0.1, 0.15) is 16.7 Å². The molecule has 2 amide bonds. The minimum Gasteiger partial charge on any atom is -0.395 e. The number of aliphatic hydroxyl groups is 1. The van der Waals surface area contributed by atoms with Gasteiger partial charge in [-0.2, -0.15) is 0 Å². The highest BCUT2D eigenvalue weighted by Gasteiger charge is 2.40. The van der Waals surface area contributed by atoms with Crippen molar-refractivity contribution < 1.29 is 14.7 Å². The predicted molar refractivity (Wildman–Crippen MR) is 95.7 cm³/mol. The average molecular weight is 343 g/mol. The maximum Gasteiger partial charge on any atom is 0.277 e. The normalized spacial score (nSPS) is 19.4. The highest BCUT2D eigenvalue weighted by atomic mass is 16.3. The van der Waals surface area contributed by atoms with Crippen molar-refractivity contribution in [3.05, 3.63) is 40.6 Å². The number of imide groups is 1. The summed E-state index contributed by atoms with van der Waals surface area (Å²) in [5, 5.41) is 9.08. The first kappa shape index (κ1) is 17.6. The lowest BCUT2D eigenvalue weighted by Gasteiger charge is -2.36. The molecule has 0 spiro atoms. The fourth-order valence-electron chi connectivity index (χ4n) is 3.41. The molecule has 2 aliphatic heterocycles. The summed E-state index contributed by atoms with van der Waals surface area (Å²) in [6, 6.07) is 5.89. The van der Waals surface area contributed by atoms with Crippen molar-refractivity contribution in [2.75, 3.05) is 46.4 Å². The number of aliphatic hydroxyl groups excluding tert-OH is 1. The SMILES string of the molecule is Cc1ccc(C2=C(N3CCN(CCO)CC3)C(=O)N(C)C2=O)cc1C. The summed E-state index contributed by atoms with van der Waals surface area (Å²) in [5.74, 6) is -0.463. The monoisotopic (exact) mass is 343 g/mol. The lowest BCUT2D eigenvalue weighted by Crippen LogP contribution is -2.48. The van der Waals surface area contributed by atoms with Gasteiger partial charge in [-0.05, 0) is 30.5 Å². The van der Waals surface area contributed by atoms with Gasteiger partial charge in [0.25, 0.3) is 11.8 Å². The Labute approximate surface area is 148 Å². The topological polar surface area (TPSA) is 64.1 Å². The summed E-state index contributed by atoms with van der Waals surface area (Å²) in [5.41, 5.74) is 4.09. The molecule has 0 bridgehead atoms. The molecule has 1 aromatic carbocycles. The summed E-state index contributed by atoms with van der Waals surface area (Å²) in [7, 11) is 1.54. The molecule has 1 N–H and O–H groups in total. The lowest BCUT2D eigenvalue weighted by atomic mass is 9.99. The number of carbonyl (C=O) groups is 2. The summed E-state index contributed by atoms with van der Waals surface area (Å²) in [6.07, 6.45) is 0. The van der Waals surface area contributed by atoms with Crippen LogP contribution < -0.4 is 0 Å². The molecule has 2 heterocycles. The van der Waals surface area contributed by atoms with Crippen molar-refractivity contribution in [2.45, 2.75) is 13.8 Å². The zero-order valence-electron chi connectivity index (χ0n) is 15.1. The molecule has 134 valence electrons. The Hall–Kier alpha value is -2.18. The molecular weight excluding hydrogens is 318 g/mol. The van der Waals surface area contributed by atoms with Crippen LogP contribution in [-0.4, -0.2) is 78.0 Å². The van der Waals surface area contributed by atoms with Crippen molar-refractivity contribution in [3.63, 3.8) is 0 Å². The molecule has 6 nitrogen and oxygen atoms in total. The standard InChI is InChI=1S/C19H25N3O3/c1-13-4-5-15(12-14(13)2)16-17(19(25)20(3)18(16)24)22-8-6-21(7-9-22)10-11-23/h4-5,12,23H,6-11H2,1-3H3. The fourth-order valence-corrected chi connectivity index (χ4v) is 3.41. The number of aryl methyl sites for hydroxylation is 2. The van der Waals surface area contributed by atoms with Crippen LogP contribution in [0.5, 0.6) is 0 Å². The second kappa shape index (κ2) is 6.98. The number of rotatable bonds is 4. The van der Waals surface area contributed by atoms with E-state index in [1.165, 1.54) is 4.90 Å². The zero-order valence-corrected chi connectivity index (χ0v) is 15.1. The Morgan fingerprint density at radius 1 is 1.00 bits per heavy atom. The Kier molecular flexibility index (Phi) is 4.92. The summed E-state index contributed by atoms with van der Waals surface area (Å²) >= 11 is 0. The van der Waals surface area contributed by atoms with Crippen molar-refractivity contribution in [1.29, 1.82) is 0 Å². The van der Waals surface area contributed by atoms with E-state index in [1.807, 2.05) is 36.9 Å². The third kappa shape index (κ3) is 3.19. The van der Waals surface area contributed by atoms with Crippen LogP contribution in [0.3, 0.4) is 0 Å². The van der Waals surface area contributed by atoms with Crippen LogP contribution >= 0.6 is 0 Å². The Bertz CT molecular complexity index is 733. The zero-order chi connectivity index (χ0) is 18.1. The van der Waals surface area contributed by atoms with Crippen LogP contribution in [0.25, 0.3) is 5.57 Å². The summed E-state index contributed by atoms with van der Waals surface area (Å²) in [4.78, 5) is 30.8. The molecule has 1 aromatic rings. The number of nitrogens with zero attached hydrogens (tertiary/aromatic N) is 3. The van der Waals surface area contributed by atoms with Crippen LogP contribution in [0.4, 0.5) is 0 Å². The number of likely N-dealkylation sites (N-methyl/N-ethyl adjacent to an activating group) is 1. The first-order valence-corrected chi connectivity index (χ1v) is 8.66. The van der Waals surface area contributed by atoms with Crippen molar-refractivity contribution in [1.82, 2.24) is 14.7 Å². The molecule has 0 atom stereocenters. The van der Waals surface area contributed by atoms with E-state index < -0.39 is 0 Å². The molecule has 6 heteroatoms. The third-order valence-electron chi connectivity index (χ3n) is 5.16. The molecule has 3 rings (SSSR count). The second-order valence-corrected chi connectivity index (χ2v) is 6.74. The van der Waals surface area contributed by atoms with E-state index in [1.54, 1.807) is 7.05 Å². The number of carbonyl (C=O) groups excluding carboxylic acids is 2. The van der Waals surface area contributed by atoms with E-state index in [-0.39, 0.29) is 18.4 Å². The highest BCUT2D eigenvalue weighted by molar-refractivity contribution is 6.35. The van der Waals surface area contributed by atoms with Crippen LogP contribution in [0.2, 0.25) is 0 Å². The van der Waals surface area contributed by atoms with Gasteiger partial charge in [-0.15, -0.1) is 0 Å². The largest absolute Gasteiger partial charge is 0.395 e. The Morgan fingerprint density at radius 3 is 2.28 bits per heavy atom. The molecule has 0 saturated carbocycles. The predicted octanol–water partition coefficient (Wildman–Crippen LogP) is 0.623. The number of piperazine rings is 1. The number of hydrogen-bond acceptors (Lipinski definition) is 5. The average Bonchev–Trinajstić information content (AvgIpc) is 2.83. The summed E-state index contributed by atoms with van der Waals surface area (Å²) in [6.45, 7) is 7.72. The fraction of sp³-hybridized carbons (Fsp3) is 0.474. The molecule has 25 heavy (non-hydrogen) atoms. The van der Waals surface area contributed by atoms with Gasteiger partial charge in [-0.1, -0.05) is 18.2 Å². The van der Waals surface area contributed by atoms with Crippen molar-refractivity contribution >= 4 is 17.4 Å². The van der Waals surface area contributed by atoms with Gasteiger partial charge >= 0.3 is 0 Å². The first-order valence-electron chi connectivity index (χ1n) is 8.66. The molecular formula is C19H25N3O3. The lowest BCUT2D eigenvalue weighted by molar-refractivity contribution is -0.136. The number of hydrogen-bond donors (Lipinski definition) is 1. The minimum atomic E-state index is -0.235. The molecule has 2 aliphatic rings. The Morgan fingerprint density at radius 2 is 1.68 bits per heavy atom. The molecule has 0 unspecified atom stereocenters. The van der Waals surface area contributed by atoms with Crippen LogP contribution in [0.15, 0.2) is 23.9 Å². The maximum atomic E-state index is 12.7. The Balaban J connectivity index is 1.97.